The Kier molecular flexibility index (Phi) is 3.73. The molecule has 0 bridgehead atoms. The number of hydrogen-bond donors (Lipinski definition) is 1. The first-order valence-electron chi connectivity index (χ1n) is 6.67. The van der Waals surface area contributed by atoms with Crippen molar-refractivity contribution in [3.05, 3.63) is 72.2 Å². The molecule has 2 aromatic carbocycles. The van der Waals surface area contributed by atoms with Crippen LogP contribution >= 0.6 is 0 Å². The molecule has 5 heteroatoms. The Balaban J connectivity index is 1.79. The van der Waals surface area contributed by atoms with Crippen molar-refractivity contribution in [2.75, 3.05) is 5.32 Å². The predicted molar refractivity (Wildman–Crippen MR) is 83.0 cm³/mol. The average Bonchev–Trinajstić information content (AvgIpc) is 2.99. The molecule has 0 saturated heterocycles. The number of aryl methyl sites for hydroxylation is 1. The summed E-state index contributed by atoms with van der Waals surface area (Å²) in [6.45, 7) is 2.06. The molecule has 0 radical (unpaired) electrons. The highest BCUT2D eigenvalue weighted by atomic mass is 15.5. The van der Waals surface area contributed by atoms with Gasteiger partial charge in [0.25, 0.3) is 0 Å². The lowest BCUT2D eigenvalue weighted by Gasteiger charge is -2.04. The summed E-state index contributed by atoms with van der Waals surface area (Å²) in [5.74, 6) is 0.669. The van der Waals surface area contributed by atoms with E-state index in [4.69, 9.17) is 0 Å². The lowest BCUT2D eigenvalue weighted by molar-refractivity contribution is 0.787. The molecule has 0 atom stereocenters. The van der Waals surface area contributed by atoms with Gasteiger partial charge in [-0.25, -0.2) is 0 Å². The summed E-state index contributed by atoms with van der Waals surface area (Å²) < 4.78 is 1.69. The number of tetrazole rings is 1. The minimum Gasteiger partial charge on any atom is -0.361 e. The Hall–Kier alpha value is -2.95. The second-order valence-electron chi connectivity index (χ2n) is 4.58. The van der Waals surface area contributed by atoms with Crippen molar-refractivity contribution in [3.8, 4) is 5.69 Å². The molecule has 1 heterocycles. The van der Waals surface area contributed by atoms with Gasteiger partial charge in [0.2, 0.25) is 0 Å². The molecule has 0 aliphatic carbocycles. The van der Waals surface area contributed by atoms with Crippen molar-refractivity contribution >= 4 is 11.8 Å². The monoisotopic (exact) mass is 277 g/mol. The summed E-state index contributed by atoms with van der Waals surface area (Å²) in [5.41, 5.74) is 3.18. The third-order valence-electron chi connectivity index (χ3n) is 3.11. The van der Waals surface area contributed by atoms with Gasteiger partial charge in [-0.15, -0.1) is 5.10 Å². The van der Waals surface area contributed by atoms with Gasteiger partial charge in [-0.2, -0.15) is 4.68 Å². The molecule has 0 aliphatic heterocycles. The Morgan fingerprint density at radius 1 is 1.00 bits per heavy atom. The number of nitrogens with one attached hydrogen (secondary N) is 1. The molecule has 0 fully saturated rings. The van der Waals surface area contributed by atoms with Gasteiger partial charge < -0.3 is 5.32 Å². The molecule has 1 aromatic heterocycles. The fraction of sp³-hybridized carbons (Fsp3) is 0.0625. The fourth-order valence-electron chi connectivity index (χ4n) is 1.99. The maximum atomic E-state index is 4.02. The van der Waals surface area contributed by atoms with Crippen LogP contribution in [0.25, 0.3) is 11.8 Å². The lowest BCUT2D eigenvalue weighted by atomic mass is 10.2. The summed E-state index contributed by atoms with van der Waals surface area (Å²) in [6.07, 6.45) is 3.69. The molecule has 0 unspecified atom stereocenters. The first-order chi connectivity index (χ1) is 10.3. The summed E-state index contributed by atoms with van der Waals surface area (Å²) in [4.78, 5) is 0. The first-order valence-corrected chi connectivity index (χ1v) is 6.67. The van der Waals surface area contributed by atoms with Crippen LogP contribution in [0, 0.1) is 6.92 Å². The van der Waals surface area contributed by atoms with Crippen LogP contribution in [0.3, 0.4) is 0 Å². The molecule has 0 spiro atoms. The fourth-order valence-corrected chi connectivity index (χ4v) is 1.99. The van der Waals surface area contributed by atoms with Gasteiger partial charge in [0.1, 0.15) is 0 Å². The van der Waals surface area contributed by atoms with Crippen molar-refractivity contribution in [1.82, 2.24) is 20.2 Å². The van der Waals surface area contributed by atoms with E-state index in [1.165, 1.54) is 5.56 Å². The highest BCUT2D eigenvalue weighted by Gasteiger charge is 2.04. The van der Waals surface area contributed by atoms with Gasteiger partial charge in [0.15, 0.2) is 5.82 Å². The summed E-state index contributed by atoms with van der Waals surface area (Å²) >= 11 is 0. The van der Waals surface area contributed by atoms with E-state index < -0.39 is 0 Å². The van der Waals surface area contributed by atoms with Crippen LogP contribution in [0.15, 0.2) is 60.8 Å². The van der Waals surface area contributed by atoms with Crippen LogP contribution < -0.4 is 5.32 Å². The molecule has 0 amide bonds. The normalized spacial score (nSPS) is 10.9. The van der Waals surface area contributed by atoms with Gasteiger partial charge >= 0.3 is 0 Å². The third-order valence-corrected chi connectivity index (χ3v) is 3.11. The zero-order valence-corrected chi connectivity index (χ0v) is 11.6. The second-order valence-corrected chi connectivity index (χ2v) is 4.58. The Morgan fingerprint density at radius 3 is 2.57 bits per heavy atom. The molecule has 21 heavy (non-hydrogen) atoms. The lowest BCUT2D eigenvalue weighted by Crippen LogP contribution is -1.99. The summed E-state index contributed by atoms with van der Waals surface area (Å²) in [7, 11) is 0. The van der Waals surface area contributed by atoms with E-state index in [1.807, 2.05) is 60.8 Å². The van der Waals surface area contributed by atoms with E-state index in [9.17, 15) is 0 Å². The first kappa shape index (κ1) is 13.1. The summed E-state index contributed by atoms with van der Waals surface area (Å²) in [5, 5.41) is 15.0. The van der Waals surface area contributed by atoms with Gasteiger partial charge in [0, 0.05) is 18.0 Å². The van der Waals surface area contributed by atoms with Crippen molar-refractivity contribution in [2.45, 2.75) is 6.92 Å². The Labute approximate surface area is 122 Å². The average molecular weight is 277 g/mol. The number of anilines is 1. The molecule has 0 aliphatic rings. The predicted octanol–water partition coefficient (Wildman–Crippen LogP) is 3.05. The number of rotatable bonds is 4. The van der Waals surface area contributed by atoms with Crippen LogP contribution in [0.4, 0.5) is 5.69 Å². The molecule has 0 saturated carbocycles. The maximum absolute atomic E-state index is 4.02. The van der Waals surface area contributed by atoms with Gasteiger partial charge in [0.05, 0.1) is 5.69 Å². The highest BCUT2D eigenvalue weighted by Crippen LogP contribution is 2.13. The van der Waals surface area contributed by atoms with Crippen LogP contribution in [-0.2, 0) is 0 Å². The molecule has 1 N–H and O–H groups in total. The number of nitrogens with zero attached hydrogens (tertiary/aromatic N) is 4. The minimum absolute atomic E-state index is 0.669. The van der Waals surface area contributed by atoms with Crippen LogP contribution in [0.5, 0.6) is 0 Å². The van der Waals surface area contributed by atoms with Crippen molar-refractivity contribution < 1.29 is 0 Å². The number of hydrogen-bond acceptors (Lipinski definition) is 4. The van der Waals surface area contributed by atoms with Crippen molar-refractivity contribution in [2.24, 2.45) is 0 Å². The smallest absolute Gasteiger partial charge is 0.181 e. The second kappa shape index (κ2) is 6.00. The van der Waals surface area contributed by atoms with Crippen LogP contribution in [0.2, 0.25) is 0 Å². The van der Waals surface area contributed by atoms with Gasteiger partial charge in [-0.1, -0.05) is 36.4 Å². The molecule has 3 rings (SSSR count). The Bertz CT molecular complexity index is 746. The van der Waals surface area contributed by atoms with Crippen molar-refractivity contribution in [1.29, 1.82) is 0 Å². The third kappa shape index (κ3) is 2.97. The highest BCUT2D eigenvalue weighted by molar-refractivity contribution is 5.56. The van der Waals surface area contributed by atoms with Crippen LogP contribution in [0.1, 0.15) is 11.4 Å². The van der Waals surface area contributed by atoms with E-state index in [1.54, 1.807) is 4.68 Å². The zero-order chi connectivity index (χ0) is 14.5. The zero-order valence-electron chi connectivity index (χ0n) is 11.6. The van der Waals surface area contributed by atoms with E-state index in [-0.39, 0.29) is 0 Å². The number of aromatic nitrogens is 4. The number of para-hydroxylation sites is 2. The maximum Gasteiger partial charge on any atom is 0.181 e. The van der Waals surface area contributed by atoms with E-state index in [0.717, 1.165) is 11.4 Å². The number of benzene rings is 2. The largest absolute Gasteiger partial charge is 0.361 e. The molecule has 104 valence electrons. The standard InChI is InChI=1S/C16H15N5/c1-13-7-5-6-10-15(13)17-12-11-16-18-19-20-21(16)14-8-3-2-4-9-14/h2-12,17H,1H3/b12-11-. The SMILES string of the molecule is Cc1ccccc1N/C=C\c1nnnn1-c1ccccc1. The summed E-state index contributed by atoms with van der Waals surface area (Å²) in [6, 6.07) is 17.9. The molecule has 5 nitrogen and oxygen atoms in total. The Morgan fingerprint density at radius 2 is 1.76 bits per heavy atom. The van der Waals surface area contributed by atoms with Crippen molar-refractivity contribution in [3.63, 3.8) is 0 Å². The molecular formula is C16H15N5. The topological polar surface area (TPSA) is 55.6 Å². The molecular weight excluding hydrogens is 262 g/mol. The van der Waals surface area contributed by atoms with Crippen LogP contribution in [-0.4, -0.2) is 20.2 Å². The quantitative estimate of drug-likeness (QED) is 0.796. The van der Waals surface area contributed by atoms with E-state index in [0.29, 0.717) is 5.82 Å². The van der Waals surface area contributed by atoms with E-state index >= 15 is 0 Å². The van der Waals surface area contributed by atoms with Gasteiger partial charge in [-0.05, 0) is 41.1 Å². The molecule has 3 aromatic rings. The van der Waals surface area contributed by atoms with Gasteiger partial charge in [-0.3, -0.25) is 0 Å². The van der Waals surface area contributed by atoms with E-state index in [2.05, 4.69) is 33.8 Å². The minimum atomic E-state index is 0.669.